The number of allylic oxidation sites excluding steroid dienone is 4. The van der Waals surface area contributed by atoms with Crippen LogP contribution in [-0.4, -0.2) is 47.0 Å². The third-order valence-corrected chi connectivity index (χ3v) is 3.72. The van der Waals surface area contributed by atoms with Crippen molar-refractivity contribution in [3.8, 4) is 11.8 Å². The standard InChI is InChI=1S/C17H20N4O3/c1-3-13(8-9-14-16(22)19-17(23)18-14)7-4-6-12(2)15(20-24)21-10-5-11-21/h3,6-7,14,24H,1,4-5,10-11H2,2H3,(H2,18,19,22,23)/b12-6+,13-7+,20-15-. The van der Waals surface area contributed by atoms with Gasteiger partial charge in [-0.2, -0.15) is 0 Å². The lowest BCUT2D eigenvalue weighted by atomic mass is 10.1. The Hall–Kier alpha value is -3.01. The van der Waals surface area contributed by atoms with Gasteiger partial charge in [-0.05, 0) is 25.3 Å². The molecule has 2 aliphatic heterocycles. The second-order valence-corrected chi connectivity index (χ2v) is 5.42. The van der Waals surface area contributed by atoms with Crippen LogP contribution >= 0.6 is 0 Å². The summed E-state index contributed by atoms with van der Waals surface area (Å²) in [6.07, 6.45) is 7.05. The molecule has 7 nitrogen and oxygen atoms in total. The first-order chi connectivity index (χ1) is 11.5. The van der Waals surface area contributed by atoms with Gasteiger partial charge in [0.05, 0.1) is 0 Å². The largest absolute Gasteiger partial charge is 0.409 e. The van der Waals surface area contributed by atoms with E-state index in [1.54, 1.807) is 6.08 Å². The zero-order valence-electron chi connectivity index (χ0n) is 13.5. The Morgan fingerprint density at radius 3 is 2.71 bits per heavy atom. The molecule has 2 saturated heterocycles. The fourth-order valence-corrected chi connectivity index (χ4v) is 2.23. The molecule has 1 unspecified atom stereocenters. The average molecular weight is 328 g/mol. The number of urea groups is 1. The number of nitrogens with one attached hydrogen (secondary N) is 2. The number of carbonyl (C=O) groups excluding carboxylic acids is 2. The zero-order valence-corrected chi connectivity index (χ0v) is 13.5. The van der Waals surface area contributed by atoms with Gasteiger partial charge < -0.3 is 15.4 Å². The Morgan fingerprint density at radius 2 is 2.21 bits per heavy atom. The predicted molar refractivity (Wildman–Crippen MR) is 90.3 cm³/mol. The molecule has 2 aliphatic rings. The number of oxime groups is 1. The molecule has 1 atom stereocenters. The maximum absolute atomic E-state index is 11.4. The van der Waals surface area contributed by atoms with Gasteiger partial charge in [-0.3, -0.25) is 10.1 Å². The molecule has 0 aromatic carbocycles. The van der Waals surface area contributed by atoms with Crippen molar-refractivity contribution in [3.63, 3.8) is 0 Å². The van der Waals surface area contributed by atoms with E-state index in [-0.39, 0.29) is 0 Å². The lowest BCUT2D eigenvalue weighted by Crippen LogP contribution is -2.42. The molecule has 2 fully saturated rings. The van der Waals surface area contributed by atoms with Crippen molar-refractivity contribution in [3.05, 3.63) is 36.0 Å². The van der Waals surface area contributed by atoms with Crippen LogP contribution in [0, 0.1) is 11.8 Å². The first-order valence-electron chi connectivity index (χ1n) is 7.64. The molecule has 7 heteroatoms. The van der Waals surface area contributed by atoms with Gasteiger partial charge in [0.1, 0.15) is 0 Å². The normalized spacial score (nSPS) is 21.5. The van der Waals surface area contributed by atoms with Crippen LogP contribution in [-0.2, 0) is 4.79 Å². The van der Waals surface area contributed by atoms with E-state index in [9.17, 15) is 9.59 Å². The molecule has 0 aromatic rings. The lowest BCUT2D eigenvalue weighted by Gasteiger charge is -2.33. The molecule has 0 saturated carbocycles. The molecular weight excluding hydrogens is 308 g/mol. The van der Waals surface area contributed by atoms with Crippen molar-refractivity contribution in [2.45, 2.75) is 25.8 Å². The summed E-state index contributed by atoms with van der Waals surface area (Å²) < 4.78 is 0. The van der Waals surface area contributed by atoms with Crippen molar-refractivity contribution < 1.29 is 14.8 Å². The van der Waals surface area contributed by atoms with Crippen molar-refractivity contribution in [1.29, 1.82) is 0 Å². The van der Waals surface area contributed by atoms with Gasteiger partial charge in [0.25, 0.3) is 5.91 Å². The number of likely N-dealkylation sites (tertiary alicyclic amines) is 1. The van der Waals surface area contributed by atoms with E-state index in [0.717, 1.165) is 25.1 Å². The highest BCUT2D eigenvalue weighted by Crippen LogP contribution is 2.13. The van der Waals surface area contributed by atoms with Gasteiger partial charge in [-0.1, -0.05) is 41.8 Å². The van der Waals surface area contributed by atoms with Crippen LogP contribution in [0.2, 0.25) is 0 Å². The highest BCUT2D eigenvalue weighted by molar-refractivity contribution is 6.05. The SMILES string of the molecule is C=C/C(C#CC1NC(=O)NC1=O)=C\C/C=C(C)/C(=N/O)N1CCC1. The number of amidine groups is 1. The van der Waals surface area contributed by atoms with E-state index >= 15 is 0 Å². The lowest BCUT2D eigenvalue weighted by molar-refractivity contribution is -0.119. The van der Waals surface area contributed by atoms with Crippen molar-refractivity contribution in [2.24, 2.45) is 5.16 Å². The Balaban J connectivity index is 1.98. The second-order valence-electron chi connectivity index (χ2n) is 5.42. The smallest absolute Gasteiger partial charge is 0.322 e. The number of amides is 3. The Kier molecular flexibility index (Phi) is 5.79. The molecule has 3 amide bonds. The molecule has 0 spiro atoms. The van der Waals surface area contributed by atoms with E-state index in [4.69, 9.17) is 5.21 Å². The minimum atomic E-state index is -0.835. The molecular formula is C17H20N4O3. The molecule has 0 aliphatic carbocycles. The summed E-state index contributed by atoms with van der Waals surface area (Å²) in [5.41, 5.74) is 1.53. The summed E-state index contributed by atoms with van der Waals surface area (Å²) >= 11 is 0. The minimum Gasteiger partial charge on any atom is -0.409 e. The molecule has 0 radical (unpaired) electrons. The highest BCUT2D eigenvalue weighted by atomic mass is 16.4. The van der Waals surface area contributed by atoms with Gasteiger partial charge in [0, 0.05) is 18.7 Å². The molecule has 126 valence electrons. The van der Waals surface area contributed by atoms with Gasteiger partial charge in [0.15, 0.2) is 11.9 Å². The van der Waals surface area contributed by atoms with E-state index in [2.05, 4.69) is 34.2 Å². The molecule has 0 aromatic heterocycles. The van der Waals surface area contributed by atoms with Crippen LogP contribution < -0.4 is 10.6 Å². The maximum atomic E-state index is 11.4. The first kappa shape index (κ1) is 17.3. The fraction of sp³-hybridized carbons (Fsp3) is 0.353. The van der Waals surface area contributed by atoms with Crippen LogP contribution in [0.25, 0.3) is 0 Å². The quantitative estimate of drug-likeness (QED) is 0.137. The number of nitrogens with zero attached hydrogens (tertiary/aromatic N) is 2. The number of carbonyl (C=O) groups is 2. The number of rotatable bonds is 4. The van der Waals surface area contributed by atoms with Crippen LogP contribution in [0.1, 0.15) is 19.8 Å². The van der Waals surface area contributed by atoms with Crippen LogP contribution in [0.3, 0.4) is 0 Å². The summed E-state index contributed by atoms with van der Waals surface area (Å²) in [5, 5.41) is 17.0. The number of hydrogen-bond donors (Lipinski definition) is 3. The Bertz CT molecular complexity index is 690. The van der Waals surface area contributed by atoms with E-state index in [1.165, 1.54) is 0 Å². The number of hydrogen-bond acceptors (Lipinski definition) is 4. The van der Waals surface area contributed by atoms with Crippen molar-refractivity contribution >= 4 is 17.8 Å². The summed E-state index contributed by atoms with van der Waals surface area (Å²) in [5.74, 6) is 5.65. The highest BCUT2D eigenvalue weighted by Gasteiger charge is 2.27. The van der Waals surface area contributed by atoms with Crippen LogP contribution in [0.15, 0.2) is 41.1 Å². The van der Waals surface area contributed by atoms with Gasteiger partial charge >= 0.3 is 6.03 Å². The number of imide groups is 1. The first-order valence-corrected chi connectivity index (χ1v) is 7.64. The van der Waals surface area contributed by atoms with E-state index in [1.807, 2.05) is 24.0 Å². The van der Waals surface area contributed by atoms with Crippen molar-refractivity contribution in [1.82, 2.24) is 15.5 Å². The maximum Gasteiger partial charge on any atom is 0.322 e. The average Bonchev–Trinajstić information content (AvgIpc) is 2.83. The molecule has 0 bridgehead atoms. The molecule has 2 heterocycles. The predicted octanol–water partition coefficient (Wildman–Crippen LogP) is 1.14. The van der Waals surface area contributed by atoms with Gasteiger partial charge in [-0.15, -0.1) is 0 Å². The van der Waals surface area contributed by atoms with Gasteiger partial charge in [0.2, 0.25) is 0 Å². The summed E-state index contributed by atoms with van der Waals surface area (Å²) in [4.78, 5) is 24.4. The third kappa shape index (κ3) is 4.26. The fourth-order valence-electron chi connectivity index (χ4n) is 2.23. The minimum absolute atomic E-state index is 0.454. The second kappa shape index (κ2) is 8.02. The summed E-state index contributed by atoms with van der Waals surface area (Å²) in [6.45, 7) is 7.38. The van der Waals surface area contributed by atoms with Crippen molar-refractivity contribution in [2.75, 3.05) is 13.1 Å². The zero-order chi connectivity index (χ0) is 17.5. The monoisotopic (exact) mass is 328 g/mol. The van der Waals surface area contributed by atoms with E-state index < -0.39 is 18.0 Å². The molecule has 24 heavy (non-hydrogen) atoms. The van der Waals surface area contributed by atoms with Crippen LogP contribution in [0.4, 0.5) is 4.79 Å². The topological polar surface area (TPSA) is 94.0 Å². The van der Waals surface area contributed by atoms with E-state index in [0.29, 0.717) is 17.8 Å². The molecule has 3 N–H and O–H groups in total. The van der Waals surface area contributed by atoms with Crippen LogP contribution in [0.5, 0.6) is 0 Å². The summed E-state index contributed by atoms with van der Waals surface area (Å²) in [6, 6.07) is -1.37. The molecule has 2 rings (SSSR count). The Morgan fingerprint density at radius 1 is 1.46 bits per heavy atom. The Labute approximate surface area is 140 Å². The third-order valence-electron chi connectivity index (χ3n) is 3.72. The van der Waals surface area contributed by atoms with Gasteiger partial charge in [-0.25, -0.2) is 4.79 Å². The summed E-state index contributed by atoms with van der Waals surface area (Å²) in [7, 11) is 0.